The molecule has 1 saturated carbocycles. The molecule has 6 nitrogen and oxygen atoms in total. The normalized spacial score (nSPS) is 13.1. The van der Waals surface area contributed by atoms with Crippen molar-refractivity contribution in [3.63, 3.8) is 0 Å². The predicted molar refractivity (Wildman–Crippen MR) is 78.7 cm³/mol. The van der Waals surface area contributed by atoms with Crippen molar-refractivity contribution >= 4 is 17.6 Å². The lowest BCUT2D eigenvalue weighted by molar-refractivity contribution is -0.116. The summed E-state index contributed by atoms with van der Waals surface area (Å²) in [4.78, 5) is 24.8. The van der Waals surface area contributed by atoms with E-state index in [0.29, 0.717) is 30.4 Å². The Kier molecular flexibility index (Phi) is 4.77. The van der Waals surface area contributed by atoms with Gasteiger partial charge in [0.05, 0.1) is 11.6 Å². The maximum absolute atomic E-state index is 11.7. The highest BCUT2D eigenvalue weighted by molar-refractivity contribution is 5.91. The lowest BCUT2D eigenvalue weighted by Crippen LogP contribution is -2.42. The molecule has 1 aliphatic carbocycles. The van der Waals surface area contributed by atoms with Crippen molar-refractivity contribution in [2.24, 2.45) is 0 Å². The highest BCUT2D eigenvalue weighted by Gasteiger charge is 2.23. The zero-order valence-electron chi connectivity index (χ0n) is 11.9. The van der Waals surface area contributed by atoms with Gasteiger partial charge in [-0.1, -0.05) is 6.07 Å². The molecule has 3 amide bonds. The van der Waals surface area contributed by atoms with Gasteiger partial charge in [-0.25, -0.2) is 4.79 Å². The number of carbonyl (C=O) groups excluding carboxylic acids is 2. The fraction of sp³-hybridized carbons (Fsp3) is 0.400. The van der Waals surface area contributed by atoms with Gasteiger partial charge < -0.3 is 15.5 Å². The molecule has 0 aromatic heterocycles. The van der Waals surface area contributed by atoms with Crippen LogP contribution in [0.2, 0.25) is 0 Å². The van der Waals surface area contributed by atoms with E-state index in [9.17, 15) is 9.59 Å². The van der Waals surface area contributed by atoms with E-state index in [-0.39, 0.29) is 11.9 Å². The van der Waals surface area contributed by atoms with Crippen LogP contribution >= 0.6 is 0 Å². The molecule has 0 unspecified atom stereocenters. The van der Waals surface area contributed by atoms with E-state index >= 15 is 0 Å². The second-order valence-corrected chi connectivity index (χ2v) is 5.01. The Morgan fingerprint density at radius 2 is 2.19 bits per heavy atom. The third-order valence-electron chi connectivity index (χ3n) is 3.20. The number of nitrogens with zero attached hydrogens (tertiary/aromatic N) is 2. The SMILES string of the molecule is CC(=O)N(CCNC(=O)NC1CC1)c1cccc(C#N)c1. The van der Waals surface area contributed by atoms with Crippen molar-refractivity contribution in [2.75, 3.05) is 18.0 Å². The van der Waals surface area contributed by atoms with Gasteiger partial charge in [-0.15, -0.1) is 0 Å². The molecular weight excluding hydrogens is 268 g/mol. The Morgan fingerprint density at radius 3 is 2.81 bits per heavy atom. The summed E-state index contributed by atoms with van der Waals surface area (Å²) in [7, 11) is 0. The fourth-order valence-corrected chi connectivity index (χ4v) is 1.96. The summed E-state index contributed by atoms with van der Waals surface area (Å²) in [5.41, 5.74) is 1.16. The molecule has 2 rings (SSSR count). The summed E-state index contributed by atoms with van der Waals surface area (Å²) in [5, 5.41) is 14.4. The van der Waals surface area contributed by atoms with Gasteiger partial charge in [0.2, 0.25) is 5.91 Å². The van der Waals surface area contributed by atoms with E-state index < -0.39 is 0 Å². The average Bonchev–Trinajstić information content (AvgIpc) is 3.27. The minimum absolute atomic E-state index is 0.130. The number of hydrogen-bond donors (Lipinski definition) is 2. The number of hydrogen-bond acceptors (Lipinski definition) is 3. The van der Waals surface area contributed by atoms with E-state index in [0.717, 1.165) is 12.8 Å². The van der Waals surface area contributed by atoms with Crippen molar-refractivity contribution in [2.45, 2.75) is 25.8 Å². The molecule has 0 aliphatic heterocycles. The molecule has 2 N–H and O–H groups in total. The van der Waals surface area contributed by atoms with Gasteiger partial charge in [0.1, 0.15) is 0 Å². The number of carbonyl (C=O) groups is 2. The zero-order valence-corrected chi connectivity index (χ0v) is 11.9. The summed E-state index contributed by atoms with van der Waals surface area (Å²) in [6.45, 7) is 2.18. The molecule has 0 bridgehead atoms. The van der Waals surface area contributed by atoms with Gasteiger partial charge in [0.15, 0.2) is 0 Å². The van der Waals surface area contributed by atoms with Crippen LogP contribution in [0.15, 0.2) is 24.3 Å². The fourth-order valence-electron chi connectivity index (χ4n) is 1.96. The Balaban J connectivity index is 1.90. The molecule has 1 aliphatic rings. The van der Waals surface area contributed by atoms with Gasteiger partial charge in [-0.3, -0.25) is 4.79 Å². The van der Waals surface area contributed by atoms with Crippen LogP contribution in [-0.2, 0) is 4.79 Å². The molecule has 1 aromatic carbocycles. The minimum Gasteiger partial charge on any atom is -0.336 e. The van der Waals surface area contributed by atoms with Gasteiger partial charge in [-0.2, -0.15) is 5.26 Å². The summed E-state index contributed by atoms with van der Waals surface area (Å²) in [6.07, 6.45) is 2.07. The summed E-state index contributed by atoms with van der Waals surface area (Å²) in [5.74, 6) is -0.130. The quantitative estimate of drug-likeness (QED) is 0.857. The third kappa shape index (κ3) is 4.49. The van der Waals surface area contributed by atoms with Crippen LogP contribution in [0, 0.1) is 11.3 Å². The largest absolute Gasteiger partial charge is 0.336 e. The Hall–Kier alpha value is -2.55. The lowest BCUT2D eigenvalue weighted by Gasteiger charge is -2.21. The van der Waals surface area contributed by atoms with E-state index in [2.05, 4.69) is 10.6 Å². The van der Waals surface area contributed by atoms with Gasteiger partial charge >= 0.3 is 6.03 Å². The first kappa shape index (κ1) is 14.9. The van der Waals surface area contributed by atoms with E-state index in [1.54, 1.807) is 24.3 Å². The highest BCUT2D eigenvalue weighted by Crippen LogP contribution is 2.18. The summed E-state index contributed by atoms with van der Waals surface area (Å²) in [6, 6.07) is 9.00. The van der Waals surface area contributed by atoms with Gasteiger partial charge in [0, 0.05) is 31.7 Å². The molecule has 0 spiro atoms. The molecule has 0 saturated heterocycles. The molecule has 1 fully saturated rings. The highest BCUT2D eigenvalue weighted by atomic mass is 16.2. The van der Waals surface area contributed by atoms with Crippen LogP contribution in [0.3, 0.4) is 0 Å². The first-order valence-corrected chi connectivity index (χ1v) is 6.93. The number of nitrogens with one attached hydrogen (secondary N) is 2. The standard InChI is InChI=1S/C15H18N4O2/c1-11(20)19(14-4-2-3-12(9-14)10-16)8-7-17-15(21)18-13-5-6-13/h2-4,9,13H,5-8H2,1H3,(H2,17,18,21). The van der Waals surface area contributed by atoms with E-state index in [4.69, 9.17) is 5.26 Å². The molecule has 0 radical (unpaired) electrons. The molecule has 110 valence electrons. The summed E-state index contributed by atoms with van der Waals surface area (Å²) >= 11 is 0. The van der Waals surface area contributed by atoms with Crippen LogP contribution in [0.4, 0.5) is 10.5 Å². The molecule has 6 heteroatoms. The van der Waals surface area contributed by atoms with Crippen molar-refractivity contribution in [1.82, 2.24) is 10.6 Å². The topological polar surface area (TPSA) is 85.2 Å². The third-order valence-corrected chi connectivity index (χ3v) is 3.20. The number of benzene rings is 1. The smallest absolute Gasteiger partial charge is 0.315 e. The van der Waals surface area contributed by atoms with Crippen molar-refractivity contribution < 1.29 is 9.59 Å². The van der Waals surface area contributed by atoms with Gasteiger partial charge in [0.25, 0.3) is 0 Å². The number of urea groups is 1. The van der Waals surface area contributed by atoms with Crippen LogP contribution in [0.5, 0.6) is 0 Å². The Morgan fingerprint density at radius 1 is 1.43 bits per heavy atom. The molecule has 21 heavy (non-hydrogen) atoms. The number of rotatable bonds is 5. The lowest BCUT2D eigenvalue weighted by atomic mass is 10.2. The van der Waals surface area contributed by atoms with Crippen LogP contribution < -0.4 is 15.5 Å². The zero-order chi connectivity index (χ0) is 15.2. The monoisotopic (exact) mass is 286 g/mol. The second kappa shape index (κ2) is 6.75. The van der Waals surface area contributed by atoms with Gasteiger partial charge in [-0.05, 0) is 31.0 Å². The van der Waals surface area contributed by atoms with E-state index in [1.807, 2.05) is 6.07 Å². The number of nitriles is 1. The Bertz CT molecular complexity index is 575. The summed E-state index contributed by atoms with van der Waals surface area (Å²) < 4.78 is 0. The number of anilines is 1. The maximum atomic E-state index is 11.7. The second-order valence-electron chi connectivity index (χ2n) is 5.01. The average molecular weight is 286 g/mol. The van der Waals surface area contributed by atoms with Crippen molar-refractivity contribution in [3.8, 4) is 6.07 Å². The van der Waals surface area contributed by atoms with Crippen LogP contribution in [0.25, 0.3) is 0 Å². The van der Waals surface area contributed by atoms with Crippen molar-refractivity contribution in [3.05, 3.63) is 29.8 Å². The Labute approximate surface area is 123 Å². The number of amides is 3. The van der Waals surface area contributed by atoms with E-state index in [1.165, 1.54) is 11.8 Å². The van der Waals surface area contributed by atoms with Crippen molar-refractivity contribution in [1.29, 1.82) is 5.26 Å². The van der Waals surface area contributed by atoms with Crippen LogP contribution in [-0.4, -0.2) is 31.1 Å². The van der Waals surface area contributed by atoms with Crippen LogP contribution in [0.1, 0.15) is 25.3 Å². The predicted octanol–water partition coefficient (Wildman–Crippen LogP) is 1.37. The molecule has 0 heterocycles. The molecule has 0 atom stereocenters. The molecule has 1 aromatic rings. The first-order chi connectivity index (χ1) is 10.1. The first-order valence-electron chi connectivity index (χ1n) is 6.93. The maximum Gasteiger partial charge on any atom is 0.315 e. The molecular formula is C15H18N4O2. The minimum atomic E-state index is -0.202.